The molecule has 0 saturated carbocycles. The molecule has 0 spiro atoms. The van der Waals surface area contributed by atoms with Crippen molar-refractivity contribution in [2.45, 2.75) is 26.3 Å². The monoisotopic (exact) mass is 381 g/mol. The highest BCUT2D eigenvalue weighted by atomic mass is 19.1. The molecule has 7 heteroatoms. The van der Waals surface area contributed by atoms with E-state index in [1.807, 2.05) is 6.92 Å². The van der Waals surface area contributed by atoms with Gasteiger partial charge in [0.25, 0.3) is 11.5 Å². The number of aryl methyl sites for hydroxylation is 1. The summed E-state index contributed by atoms with van der Waals surface area (Å²) in [6.07, 6.45) is 2.76. The molecule has 28 heavy (non-hydrogen) atoms. The van der Waals surface area contributed by atoms with Crippen LogP contribution >= 0.6 is 0 Å². The van der Waals surface area contributed by atoms with Crippen molar-refractivity contribution in [3.63, 3.8) is 0 Å². The lowest BCUT2D eigenvalue weighted by Gasteiger charge is -2.14. The van der Waals surface area contributed by atoms with E-state index >= 15 is 0 Å². The third kappa shape index (κ3) is 3.78. The van der Waals surface area contributed by atoms with E-state index in [0.29, 0.717) is 17.4 Å². The van der Waals surface area contributed by atoms with Gasteiger partial charge in [0.2, 0.25) is 0 Å². The lowest BCUT2D eigenvalue weighted by atomic mass is 10.1. The van der Waals surface area contributed by atoms with Crippen LogP contribution in [0.3, 0.4) is 0 Å². The number of unbranched alkanes of at least 4 members (excludes halogenated alkanes) is 1. The topological polar surface area (TPSA) is 83.7 Å². The Balaban J connectivity index is 1.98. The maximum Gasteiger partial charge on any atom is 0.280 e. The number of fused-ring (bicyclic) bond motifs is 1. The molecule has 0 aliphatic carbocycles. The third-order valence-corrected chi connectivity index (χ3v) is 4.38. The highest BCUT2D eigenvalue weighted by Gasteiger charge is 2.21. The van der Waals surface area contributed by atoms with Crippen LogP contribution in [-0.2, 0) is 6.54 Å². The number of hydrogen-bond acceptors (Lipinski definition) is 4. The minimum atomic E-state index is -0.855. The number of benzene rings is 2. The molecule has 144 valence electrons. The van der Waals surface area contributed by atoms with Crippen molar-refractivity contribution in [2.75, 3.05) is 0 Å². The summed E-state index contributed by atoms with van der Waals surface area (Å²) in [5.41, 5.74) is 1.96. The summed E-state index contributed by atoms with van der Waals surface area (Å²) in [4.78, 5) is 25.4. The Labute approximate surface area is 160 Å². The van der Waals surface area contributed by atoms with E-state index in [2.05, 4.69) is 10.5 Å². The van der Waals surface area contributed by atoms with Crippen LogP contribution in [-0.4, -0.2) is 21.8 Å². The number of hydrogen-bond donors (Lipinski definition) is 2. The average molecular weight is 381 g/mol. The zero-order valence-electron chi connectivity index (χ0n) is 15.4. The highest BCUT2D eigenvalue weighted by molar-refractivity contribution is 6.02. The van der Waals surface area contributed by atoms with Gasteiger partial charge in [0.05, 0.1) is 11.7 Å². The Kier molecular flexibility index (Phi) is 5.84. The van der Waals surface area contributed by atoms with Gasteiger partial charge in [0.15, 0.2) is 0 Å². The molecule has 0 aliphatic heterocycles. The van der Waals surface area contributed by atoms with Gasteiger partial charge < -0.3 is 9.67 Å². The number of carbonyl (C=O) groups is 1. The number of aromatic nitrogens is 1. The molecular weight excluding hydrogens is 361 g/mol. The van der Waals surface area contributed by atoms with Crippen LogP contribution in [0.2, 0.25) is 0 Å². The van der Waals surface area contributed by atoms with Crippen LogP contribution in [0.1, 0.15) is 35.7 Å². The fourth-order valence-corrected chi connectivity index (χ4v) is 2.93. The SMILES string of the molecule is CCCCn1c(=O)c(C(=O)N/N=C\c2ccccc2F)c(O)c2ccccc21. The van der Waals surface area contributed by atoms with Crippen LogP contribution in [0, 0.1) is 5.82 Å². The predicted molar refractivity (Wildman–Crippen MR) is 106 cm³/mol. The maximum atomic E-state index is 13.6. The number of pyridine rings is 1. The van der Waals surface area contributed by atoms with Crippen molar-refractivity contribution < 1.29 is 14.3 Å². The number of carbonyl (C=O) groups excluding carboxylic acids is 1. The van der Waals surface area contributed by atoms with Crippen LogP contribution < -0.4 is 11.0 Å². The lowest BCUT2D eigenvalue weighted by Crippen LogP contribution is -2.31. The second-order valence-electron chi connectivity index (χ2n) is 6.27. The molecule has 1 aromatic heterocycles. The first-order chi connectivity index (χ1) is 13.5. The van der Waals surface area contributed by atoms with Gasteiger partial charge >= 0.3 is 0 Å². The van der Waals surface area contributed by atoms with Crippen LogP contribution in [0.25, 0.3) is 10.9 Å². The number of amides is 1. The number of para-hydroxylation sites is 1. The number of nitrogens with zero attached hydrogens (tertiary/aromatic N) is 2. The zero-order valence-corrected chi connectivity index (χ0v) is 15.4. The van der Waals surface area contributed by atoms with Crippen molar-refractivity contribution in [1.82, 2.24) is 9.99 Å². The quantitative estimate of drug-likeness (QED) is 0.507. The molecule has 0 saturated heterocycles. The first-order valence-electron chi connectivity index (χ1n) is 8.97. The Bertz CT molecular complexity index is 1110. The van der Waals surface area contributed by atoms with Gasteiger partial charge in [0.1, 0.15) is 17.1 Å². The fourth-order valence-electron chi connectivity index (χ4n) is 2.93. The molecule has 1 heterocycles. The first kappa shape index (κ1) is 19.3. The fraction of sp³-hybridized carbons (Fsp3) is 0.190. The van der Waals surface area contributed by atoms with Gasteiger partial charge in [-0.1, -0.05) is 43.7 Å². The Morgan fingerprint density at radius 2 is 1.93 bits per heavy atom. The van der Waals surface area contributed by atoms with Gasteiger partial charge in [-0.25, -0.2) is 9.82 Å². The van der Waals surface area contributed by atoms with Gasteiger partial charge in [-0.05, 0) is 24.6 Å². The molecule has 0 atom stereocenters. The van der Waals surface area contributed by atoms with E-state index in [0.717, 1.165) is 19.1 Å². The van der Waals surface area contributed by atoms with E-state index in [4.69, 9.17) is 0 Å². The summed E-state index contributed by atoms with van der Waals surface area (Å²) >= 11 is 0. The second kappa shape index (κ2) is 8.47. The van der Waals surface area contributed by atoms with Gasteiger partial charge in [-0.15, -0.1) is 0 Å². The van der Waals surface area contributed by atoms with Crippen molar-refractivity contribution in [3.05, 3.63) is 75.8 Å². The highest BCUT2D eigenvalue weighted by Crippen LogP contribution is 2.26. The third-order valence-electron chi connectivity index (χ3n) is 4.38. The molecule has 3 aromatic rings. The molecule has 3 rings (SSSR count). The minimum absolute atomic E-state index is 0.186. The zero-order chi connectivity index (χ0) is 20.1. The normalized spacial score (nSPS) is 11.2. The summed E-state index contributed by atoms with van der Waals surface area (Å²) in [7, 11) is 0. The molecule has 2 aromatic carbocycles. The summed E-state index contributed by atoms with van der Waals surface area (Å²) in [5, 5.41) is 14.6. The molecule has 1 amide bonds. The summed E-state index contributed by atoms with van der Waals surface area (Å²) in [6, 6.07) is 12.8. The molecule has 0 unspecified atom stereocenters. The molecule has 0 fully saturated rings. The Morgan fingerprint density at radius 3 is 2.68 bits per heavy atom. The van der Waals surface area contributed by atoms with E-state index in [1.165, 1.54) is 22.8 Å². The first-order valence-corrected chi connectivity index (χ1v) is 8.97. The molecule has 0 radical (unpaired) electrons. The van der Waals surface area contributed by atoms with Crippen molar-refractivity contribution >= 4 is 23.0 Å². The number of hydrazone groups is 1. The van der Waals surface area contributed by atoms with Crippen LogP contribution in [0.4, 0.5) is 4.39 Å². The number of nitrogens with one attached hydrogen (secondary N) is 1. The standard InChI is InChI=1S/C21H20FN3O3/c1-2-3-12-25-17-11-7-5-9-15(17)19(26)18(21(25)28)20(27)24-23-13-14-8-4-6-10-16(14)22/h4-11,13,26H,2-3,12H2,1H3,(H,24,27)/b23-13-. The second-order valence-corrected chi connectivity index (χ2v) is 6.27. The van der Waals surface area contributed by atoms with E-state index < -0.39 is 23.0 Å². The number of halogens is 1. The van der Waals surface area contributed by atoms with Gasteiger partial charge in [-0.2, -0.15) is 5.10 Å². The van der Waals surface area contributed by atoms with Crippen LogP contribution in [0.5, 0.6) is 5.75 Å². The van der Waals surface area contributed by atoms with Gasteiger partial charge in [-0.3, -0.25) is 9.59 Å². The van der Waals surface area contributed by atoms with Crippen LogP contribution in [0.15, 0.2) is 58.4 Å². The van der Waals surface area contributed by atoms with Crippen molar-refractivity contribution in [2.24, 2.45) is 5.10 Å². The smallest absolute Gasteiger partial charge is 0.280 e. The van der Waals surface area contributed by atoms with E-state index in [1.54, 1.807) is 30.3 Å². The van der Waals surface area contributed by atoms with Gasteiger partial charge in [0, 0.05) is 17.5 Å². The molecule has 2 N–H and O–H groups in total. The number of rotatable bonds is 6. The summed E-state index contributed by atoms with van der Waals surface area (Å²) in [5.74, 6) is -1.74. The molecule has 6 nitrogen and oxygen atoms in total. The predicted octanol–water partition coefficient (Wildman–Crippen LogP) is 3.41. The van der Waals surface area contributed by atoms with E-state index in [9.17, 15) is 19.1 Å². The number of aromatic hydroxyl groups is 1. The Morgan fingerprint density at radius 1 is 1.21 bits per heavy atom. The molecule has 0 aliphatic rings. The average Bonchev–Trinajstić information content (AvgIpc) is 2.69. The van der Waals surface area contributed by atoms with Crippen molar-refractivity contribution in [1.29, 1.82) is 0 Å². The van der Waals surface area contributed by atoms with E-state index in [-0.39, 0.29) is 11.1 Å². The lowest BCUT2D eigenvalue weighted by molar-refractivity contribution is 0.0950. The Hall–Kier alpha value is -3.48. The summed E-state index contributed by atoms with van der Waals surface area (Å²) in [6.45, 7) is 2.42. The van der Waals surface area contributed by atoms with Crippen molar-refractivity contribution in [3.8, 4) is 5.75 Å². The largest absolute Gasteiger partial charge is 0.506 e. The maximum absolute atomic E-state index is 13.6. The minimum Gasteiger partial charge on any atom is -0.506 e. The molecule has 0 bridgehead atoms. The summed E-state index contributed by atoms with van der Waals surface area (Å²) < 4.78 is 15.1. The molecular formula is C21H20FN3O3.